The van der Waals surface area contributed by atoms with E-state index < -0.39 is 0 Å². The molecule has 3 aliphatic rings. The lowest BCUT2D eigenvalue weighted by molar-refractivity contribution is -0.124. The Morgan fingerprint density at radius 1 is 1.25 bits per heavy atom. The van der Waals surface area contributed by atoms with Crippen molar-refractivity contribution >= 4 is 40.1 Å². The molecule has 7 nitrogen and oxygen atoms in total. The molecule has 1 unspecified atom stereocenters. The van der Waals surface area contributed by atoms with Crippen LogP contribution in [0, 0.1) is 0 Å². The molecule has 24 heavy (non-hydrogen) atoms. The molecular formula is C16H17N5O2S. The molecule has 2 saturated heterocycles. The van der Waals surface area contributed by atoms with Gasteiger partial charge in [-0.05, 0) is 25.5 Å². The van der Waals surface area contributed by atoms with E-state index in [-0.39, 0.29) is 17.5 Å². The smallest absolute Gasteiger partial charge is 0.276 e. The van der Waals surface area contributed by atoms with Crippen LogP contribution in [0.4, 0.5) is 5.69 Å². The van der Waals surface area contributed by atoms with E-state index in [1.807, 2.05) is 24.3 Å². The summed E-state index contributed by atoms with van der Waals surface area (Å²) in [6, 6.07) is 7.68. The lowest BCUT2D eigenvalue weighted by atomic mass is 10.1. The fourth-order valence-corrected chi connectivity index (χ4v) is 3.92. The molecule has 1 atom stereocenters. The number of rotatable bonds is 3. The van der Waals surface area contributed by atoms with Gasteiger partial charge in [0.25, 0.3) is 5.91 Å². The molecular weight excluding hydrogens is 326 g/mol. The highest BCUT2D eigenvalue weighted by Gasteiger charge is 2.32. The molecule has 3 heterocycles. The second-order valence-electron chi connectivity index (χ2n) is 5.92. The van der Waals surface area contributed by atoms with Crippen LogP contribution in [0.1, 0.15) is 18.4 Å². The van der Waals surface area contributed by atoms with E-state index in [0.29, 0.717) is 23.5 Å². The topological polar surface area (TPSA) is 86.2 Å². The molecule has 0 radical (unpaired) electrons. The minimum Gasteiger partial charge on any atom is -0.320 e. The van der Waals surface area contributed by atoms with Gasteiger partial charge in [0.2, 0.25) is 5.91 Å². The Hall–Kier alpha value is -2.19. The predicted molar refractivity (Wildman–Crippen MR) is 94.2 cm³/mol. The lowest BCUT2D eigenvalue weighted by Gasteiger charge is -2.19. The van der Waals surface area contributed by atoms with E-state index in [4.69, 9.17) is 0 Å². The number of hydrogen-bond donors (Lipinski definition) is 2. The molecule has 0 aliphatic carbocycles. The number of thioether (sulfide) groups is 1. The Morgan fingerprint density at radius 3 is 2.96 bits per heavy atom. The molecule has 8 heteroatoms. The third-order valence-corrected chi connectivity index (χ3v) is 5.25. The Balaban J connectivity index is 1.58. The molecule has 0 bridgehead atoms. The maximum atomic E-state index is 12.1. The van der Waals surface area contributed by atoms with Gasteiger partial charge >= 0.3 is 0 Å². The van der Waals surface area contributed by atoms with E-state index >= 15 is 0 Å². The summed E-state index contributed by atoms with van der Waals surface area (Å²) in [4.78, 5) is 25.8. The van der Waals surface area contributed by atoms with Gasteiger partial charge in [-0.15, -0.1) is 10.2 Å². The van der Waals surface area contributed by atoms with Crippen molar-refractivity contribution in [2.45, 2.75) is 18.9 Å². The van der Waals surface area contributed by atoms with Crippen LogP contribution in [0.3, 0.4) is 0 Å². The van der Waals surface area contributed by atoms with E-state index in [1.54, 1.807) is 4.90 Å². The summed E-state index contributed by atoms with van der Waals surface area (Å²) in [5.74, 6) is 0.155. The number of carbonyl (C=O) groups excluding carboxylic acids is 2. The maximum Gasteiger partial charge on any atom is 0.276 e. The third-order valence-electron chi connectivity index (χ3n) is 4.30. The van der Waals surface area contributed by atoms with Gasteiger partial charge in [0.15, 0.2) is 10.9 Å². The minimum atomic E-state index is -0.265. The third kappa shape index (κ3) is 2.83. The molecule has 0 spiro atoms. The van der Waals surface area contributed by atoms with Crippen molar-refractivity contribution in [3.05, 3.63) is 29.8 Å². The van der Waals surface area contributed by atoms with Crippen LogP contribution < -0.4 is 10.6 Å². The van der Waals surface area contributed by atoms with Gasteiger partial charge in [-0.25, -0.2) is 0 Å². The predicted octanol–water partition coefficient (Wildman–Crippen LogP) is 1.03. The number of carbonyl (C=O) groups is 2. The molecule has 2 fully saturated rings. The first-order chi connectivity index (χ1) is 11.7. The van der Waals surface area contributed by atoms with Crippen LogP contribution in [0.5, 0.6) is 0 Å². The second-order valence-corrected chi connectivity index (χ2v) is 6.86. The maximum absolute atomic E-state index is 12.1. The molecule has 0 saturated carbocycles. The molecule has 1 aromatic rings. The lowest BCUT2D eigenvalue weighted by Crippen LogP contribution is -2.40. The fraction of sp³-hybridized carbons (Fsp3) is 0.375. The molecule has 1 aromatic carbocycles. The molecule has 4 rings (SSSR count). The van der Waals surface area contributed by atoms with Gasteiger partial charge in [-0.2, -0.15) is 0 Å². The van der Waals surface area contributed by atoms with Gasteiger partial charge in [0.05, 0.1) is 11.4 Å². The zero-order valence-electron chi connectivity index (χ0n) is 13.0. The Kier molecular flexibility index (Phi) is 4.07. The van der Waals surface area contributed by atoms with E-state index in [9.17, 15) is 9.59 Å². The zero-order valence-corrected chi connectivity index (χ0v) is 13.8. The van der Waals surface area contributed by atoms with Crippen molar-refractivity contribution in [2.24, 2.45) is 10.2 Å². The van der Waals surface area contributed by atoms with Crippen LogP contribution in [-0.2, 0) is 9.59 Å². The van der Waals surface area contributed by atoms with Crippen molar-refractivity contribution in [1.29, 1.82) is 0 Å². The van der Waals surface area contributed by atoms with E-state index in [1.165, 1.54) is 11.8 Å². The average molecular weight is 343 g/mol. The van der Waals surface area contributed by atoms with Crippen LogP contribution >= 0.6 is 11.8 Å². The first kappa shape index (κ1) is 15.3. The van der Waals surface area contributed by atoms with Gasteiger partial charge < -0.3 is 10.6 Å². The number of amides is 2. The number of nitrogens with one attached hydrogen (secondary N) is 2. The molecule has 124 valence electrons. The number of hydrogen-bond acceptors (Lipinski definition) is 6. The number of anilines is 1. The molecule has 2 N–H and O–H groups in total. The minimum absolute atomic E-state index is 0.0453. The quantitative estimate of drug-likeness (QED) is 0.803. The number of nitrogens with zero attached hydrogens (tertiary/aromatic N) is 3. The monoisotopic (exact) mass is 343 g/mol. The number of benzene rings is 1. The van der Waals surface area contributed by atoms with Gasteiger partial charge in [-0.1, -0.05) is 30.0 Å². The van der Waals surface area contributed by atoms with Gasteiger partial charge in [0, 0.05) is 18.2 Å². The van der Waals surface area contributed by atoms with Crippen LogP contribution in [-0.4, -0.2) is 52.5 Å². The van der Waals surface area contributed by atoms with Crippen molar-refractivity contribution in [3.63, 3.8) is 0 Å². The summed E-state index contributed by atoms with van der Waals surface area (Å²) in [6.45, 7) is 1.60. The number of fused-ring (bicyclic) bond motifs is 1. The standard InChI is InChI=1S/C16H17N5O2S/c22-13-9-24-16(21(13)8-10-4-3-7-17-10)20-19-14-11-5-1-2-6-12(11)18-15(14)23/h1-2,5-6,10,17H,3-4,7-9H2,(H,18,19,23)/b20-16+. The summed E-state index contributed by atoms with van der Waals surface area (Å²) in [5.41, 5.74) is 1.77. The van der Waals surface area contributed by atoms with E-state index in [2.05, 4.69) is 20.8 Å². The van der Waals surface area contributed by atoms with Crippen LogP contribution in [0.2, 0.25) is 0 Å². The summed E-state index contributed by atoms with van der Waals surface area (Å²) in [6.07, 6.45) is 2.19. The summed E-state index contributed by atoms with van der Waals surface area (Å²) in [5, 5.41) is 15.1. The SMILES string of the molecule is O=C1Nc2ccccc2/C1=N/N=C1/SCC(=O)N1CC1CCCN1. The Morgan fingerprint density at radius 2 is 2.12 bits per heavy atom. The molecule has 2 amide bonds. The molecule has 0 aromatic heterocycles. The summed E-state index contributed by atoms with van der Waals surface area (Å²) >= 11 is 1.37. The van der Waals surface area contributed by atoms with Crippen molar-refractivity contribution in [2.75, 3.05) is 24.2 Å². The van der Waals surface area contributed by atoms with Crippen LogP contribution in [0.15, 0.2) is 34.5 Å². The normalized spacial score (nSPS) is 26.5. The molecule has 3 aliphatic heterocycles. The largest absolute Gasteiger partial charge is 0.320 e. The van der Waals surface area contributed by atoms with Crippen molar-refractivity contribution in [1.82, 2.24) is 10.2 Å². The van der Waals surface area contributed by atoms with Gasteiger partial charge in [0.1, 0.15) is 0 Å². The zero-order chi connectivity index (χ0) is 16.5. The van der Waals surface area contributed by atoms with Crippen molar-refractivity contribution < 1.29 is 9.59 Å². The Labute approximate surface area is 143 Å². The first-order valence-corrected chi connectivity index (χ1v) is 8.94. The summed E-state index contributed by atoms with van der Waals surface area (Å²) in [7, 11) is 0. The number of amidine groups is 1. The fourth-order valence-electron chi connectivity index (χ4n) is 3.08. The van der Waals surface area contributed by atoms with Crippen LogP contribution in [0.25, 0.3) is 0 Å². The van der Waals surface area contributed by atoms with Crippen molar-refractivity contribution in [3.8, 4) is 0 Å². The number of para-hydroxylation sites is 1. The summed E-state index contributed by atoms with van der Waals surface area (Å²) < 4.78 is 0. The first-order valence-electron chi connectivity index (χ1n) is 7.95. The highest BCUT2D eigenvalue weighted by molar-refractivity contribution is 8.15. The average Bonchev–Trinajstić information content (AvgIpc) is 3.28. The highest BCUT2D eigenvalue weighted by Crippen LogP contribution is 2.24. The highest BCUT2D eigenvalue weighted by atomic mass is 32.2. The second kappa shape index (κ2) is 6.37. The Bertz CT molecular complexity index is 755. The van der Waals surface area contributed by atoms with E-state index in [0.717, 1.165) is 30.6 Å². The van der Waals surface area contributed by atoms with Gasteiger partial charge in [-0.3, -0.25) is 14.5 Å².